The monoisotopic (exact) mass is 446 g/mol. The fourth-order valence-corrected chi connectivity index (χ4v) is 5.20. The Morgan fingerprint density at radius 1 is 1.03 bits per heavy atom. The molecule has 6 heteroatoms. The van der Waals surface area contributed by atoms with Crippen LogP contribution in [-0.2, 0) is 13.0 Å². The second-order valence-electron chi connectivity index (χ2n) is 9.21. The number of nitrogens with one attached hydrogen (secondary N) is 1. The molecule has 2 fully saturated rings. The van der Waals surface area contributed by atoms with Gasteiger partial charge in [-0.25, -0.2) is 4.98 Å². The number of piperazine rings is 1. The van der Waals surface area contributed by atoms with Crippen LogP contribution >= 0.6 is 0 Å². The van der Waals surface area contributed by atoms with Crippen LogP contribution in [0.25, 0.3) is 0 Å². The van der Waals surface area contributed by atoms with E-state index >= 15 is 0 Å². The van der Waals surface area contributed by atoms with Crippen molar-refractivity contribution < 1.29 is 9.47 Å². The number of imidazole rings is 1. The topological polar surface area (TPSA) is 53.6 Å². The molecule has 174 valence electrons. The van der Waals surface area contributed by atoms with E-state index in [1.165, 1.54) is 29.8 Å². The number of nitrogens with zero attached hydrogens (tertiary/aromatic N) is 3. The Kier molecular flexibility index (Phi) is 6.81. The number of aromatic nitrogens is 2. The van der Waals surface area contributed by atoms with Crippen LogP contribution in [0.4, 0.5) is 5.69 Å². The van der Waals surface area contributed by atoms with E-state index in [2.05, 4.69) is 68.3 Å². The number of aromatic amines is 1. The third-order valence-corrected chi connectivity index (χ3v) is 6.90. The molecular formula is C27H34N4O2. The minimum Gasteiger partial charge on any atom is -0.493 e. The van der Waals surface area contributed by atoms with Gasteiger partial charge in [-0.15, -0.1) is 0 Å². The van der Waals surface area contributed by atoms with Crippen LogP contribution in [0.2, 0.25) is 0 Å². The van der Waals surface area contributed by atoms with E-state index in [9.17, 15) is 0 Å². The molecule has 2 heterocycles. The van der Waals surface area contributed by atoms with Gasteiger partial charge in [0.15, 0.2) is 11.5 Å². The first-order valence-electron chi connectivity index (χ1n) is 12.1. The van der Waals surface area contributed by atoms with Gasteiger partial charge in [-0.2, -0.15) is 0 Å². The number of hydrogen-bond acceptors (Lipinski definition) is 5. The van der Waals surface area contributed by atoms with Gasteiger partial charge in [0.05, 0.1) is 19.5 Å². The predicted molar refractivity (Wildman–Crippen MR) is 131 cm³/mol. The van der Waals surface area contributed by atoms with Crippen LogP contribution in [0, 0.1) is 0 Å². The lowest BCUT2D eigenvalue weighted by molar-refractivity contribution is 0.200. The summed E-state index contributed by atoms with van der Waals surface area (Å²) >= 11 is 0. The molecule has 0 spiro atoms. The molecule has 1 N–H and O–H groups in total. The maximum Gasteiger partial charge on any atom is 0.163 e. The van der Waals surface area contributed by atoms with Crippen molar-refractivity contribution in [2.75, 3.05) is 31.6 Å². The number of rotatable bonds is 8. The number of benzene rings is 2. The van der Waals surface area contributed by atoms with E-state index in [1.54, 1.807) is 13.4 Å². The zero-order valence-corrected chi connectivity index (χ0v) is 19.5. The molecule has 1 aliphatic carbocycles. The van der Waals surface area contributed by atoms with Gasteiger partial charge in [0.25, 0.3) is 0 Å². The largest absolute Gasteiger partial charge is 0.493 e. The van der Waals surface area contributed by atoms with Gasteiger partial charge in [-0.3, -0.25) is 4.90 Å². The highest BCUT2D eigenvalue weighted by Gasteiger charge is 2.29. The summed E-state index contributed by atoms with van der Waals surface area (Å²) in [5.74, 6) is 1.70. The lowest BCUT2D eigenvalue weighted by atomic mass is 10.0. The van der Waals surface area contributed by atoms with E-state index < -0.39 is 0 Å². The van der Waals surface area contributed by atoms with Gasteiger partial charge in [0.2, 0.25) is 0 Å². The smallest absolute Gasteiger partial charge is 0.163 e. The lowest BCUT2D eigenvalue weighted by Gasteiger charge is -2.43. The predicted octanol–water partition coefficient (Wildman–Crippen LogP) is 4.67. The van der Waals surface area contributed by atoms with Crippen molar-refractivity contribution in [3.8, 4) is 11.5 Å². The Morgan fingerprint density at radius 2 is 1.88 bits per heavy atom. The number of methoxy groups -OCH3 is 1. The number of ether oxygens (including phenoxy) is 2. The molecule has 0 amide bonds. The molecule has 1 saturated carbocycles. The molecule has 0 bridgehead atoms. The van der Waals surface area contributed by atoms with E-state index in [0.717, 1.165) is 56.9 Å². The van der Waals surface area contributed by atoms with Gasteiger partial charge >= 0.3 is 0 Å². The van der Waals surface area contributed by atoms with E-state index in [-0.39, 0.29) is 0 Å². The SMILES string of the molecule is COc1ccc(N2CCN(Cc3cnc[nH]3)CC2Cc2ccccc2)cc1OC1CCCC1. The molecule has 1 aromatic heterocycles. The van der Waals surface area contributed by atoms with Crippen molar-refractivity contribution >= 4 is 5.69 Å². The molecule has 2 aliphatic rings. The fraction of sp³-hybridized carbons (Fsp3) is 0.444. The van der Waals surface area contributed by atoms with Crippen molar-refractivity contribution in [2.24, 2.45) is 0 Å². The van der Waals surface area contributed by atoms with Crippen molar-refractivity contribution in [1.29, 1.82) is 0 Å². The molecule has 1 atom stereocenters. The summed E-state index contributed by atoms with van der Waals surface area (Å²) in [5.41, 5.74) is 3.75. The Balaban J connectivity index is 1.38. The average Bonchev–Trinajstić information content (AvgIpc) is 3.55. The second-order valence-corrected chi connectivity index (χ2v) is 9.21. The normalized spacial score (nSPS) is 19.7. The van der Waals surface area contributed by atoms with Crippen molar-refractivity contribution in [1.82, 2.24) is 14.9 Å². The summed E-state index contributed by atoms with van der Waals surface area (Å²) in [6, 6.07) is 17.6. The van der Waals surface area contributed by atoms with Gasteiger partial charge in [0, 0.05) is 55.9 Å². The molecular weight excluding hydrogens is 412 g/mol. The Labute approximate surface area is 196 Å². The third-order valence-electron chi connectivity index (χ3n) is 6.90. The highest BCUT2D eigenvalue weighted by molar-refractivity contribution is 5.57. The summed E-state index contributed by atoms with van der Waals surface area (Å²) in [4.78, 5) is 12.5. The lowest BCUT2D eigenvalue weighted by Crippen LogP contribution is -2.54. The van der Waals surface area contributed by atoms with Crippen LogP contribution in [0.5, 0.6) is 11.5 Å². The van der Waals surface area contributed by atoms with Gasteiger partial charge in [-0.05, 0) is 49.8 Å². The molecule has 3 aromatic rings. The molecule has 6 nitrogen and oxygen atoms in total. The minimum absolute atomic E-state index is 0.306. The molecule has 1 saturated heterocycles. The van der Waals surface area contributed by atoms with Gasteiger partial charge in [-0.1, -0.05) is 30.3 Å². The fourth-order valence-electron chi connectivity index (χ4n) is 5.20. The quantitative estimate of drug-likeness (QED) is 0.545. The van der Waals surface area contributed by atoms with E-state index in [0.29, 0.717) is 12.1 Å². The Hall–Kier alpha value is -2.99. The van der Waals surface area contributed by atoms with Crippen LogP contribution in [0.1, 0.15) is 36.9 Å². The van der Waals surface area contributed by atoms with Gasteiger partial charge in [0.1, 0.15) is 0 Å². The van der Waals surface area contributed by atoms with E-state index in [4.69, 9.17) is 9.47 Å². The Bertz CT molecular complexity index is 1000. The maximum absolute atomic E-state index is 6.40. The van der Waals surface area contributed by atoms with Crippen LogP contribution in [0.3, 0.4) is 0 Å². The van der Waals surface area contributed by atoms with Gasteiger partial charge < -0.3 is 19.4 Å². The zero-order valence-electron chi connectivity index (χ0n) is 19.5. The first-order valence-corrected chi connectivity index (χ1v) is 12.1. The van der Waals surface area contributed by atoms with Crippen LogP contribution in [0.15, 0.2) is 61.1 Å². The molecule has 2 aromatic carbocycles. The molecule has 33 heavy (non-hydrogen) atoms. The Morgan fingerprint density at radius 3 is 2.64 bits per heavy atom. The van der Waals surface area contributed by atoms with Crippen molar-refractivity contribution in [3.05, 3.63) is 72.3 Å². The van der Waals surface area contributed by atoms with Crippen LogP contribution < -0.4 is 14.4 Å². The molecule has 0 radical (unpaired) electrons. The van der Waals surface area contributed by atoms with Crippen LogP contribution in [-0.4, -0.2) is 53.8 Å². The van der Waals surface area contributed by atoms with Crippen molar-refractivity contribution in [3.63, 3.8) is 0 Å². The number of anilines is 1. The van der Waals surface area contributed by atoms with E-state index in [1.807, 2.05) is 6.20 Å². The number of hydrogen-bond donors (Lipinski definition) is 1. The third kappa shape index (κ3) is 5.33. The second kappa shape index (κ2) is 10.3. The summed E-state index contributed by atoms with van der Waals surface area (Å²) < 4.78 is 12.0. The average molecular weight is 447 g/mol. The maximum atomic E-state index is 6.40. The standard InChI is InChI=1S/C27H34N4O2/c1-32-26-12-11-23(16-27(26)33-25-9-5-6-10-25)31-14-13-30(18-22-17-28-20-29-22)19-24(31)15-21-7-3-2-4-8-21/h2-4,7-8,11-12,16-17,20,24-25H,5-6,9-10,13-15,18-19H2,1H3,(H,28,29). The molecule has 1 unspecified atom stereocenters. The highest BCUT2D eigenvalue weighted by Crippen LogP contribution is 2.36. The molecule has 5 rings (SSSR count). The summed E-state index contributed by atoms with van der Waals surface area (Å²) in [7, 11) is 1.73. The minimum atomic E-state index is 0.306. The number of H-pyrrole nitrogens is 1. The first kappa shape index (κ1) is 21.8. The first-order chi connectivity index (χ1) is 16.3. The summed E-state index contributed by atoms with van der Waals surface area (Å²) in [6.45, 7) is 3.88. The summed E-state index contributed by atoms with van der Waals surface area (Å²) in [6.07, 6.45) is 9.78. The zero-order chi connectivity index (χ0) is 22.5. The highest BCUT2D eigenvalue weighted by atomic mass is 16.5. The summed E-state index contributed by atoms with van der Waals surface area (Å²) in [5, 5.41) is 0. The molecule has 1 aliphatic heterocycles. The van der Waals surface area contributed by atoms with Crippen molar-refractivity contribution in [2.45, 2.75) is 50.8 Å².